The Bertz CT molecular complexity index is 1050. The molecule has 3 aromatic rings. The summed E-state index contributed by atoms with van der Waals surface area (Å²) in [5.41, 5.74) is 7.75. The van der Waals surface area contributed by atoms with Gasteiger partial charge in [-0.3, -0.25) is 9.78 Å². The first-order valence-electron chi connectivity index (χ1n) is 9.73. The van der Waals surface area contributed by atoms with Gasteiger partial charge in [0, 0.05) is 30.2 Å². The average molecular weight is 429 g/mol. The number of nitrogens with zero attached hydrogens (tertiary/aromatic N) is 2. The first-order valence-corrected chi connectivity index (χ1v) is 10.6. The van der Waals surface area contributed by atoms with Crippen LogP contribution in [0.1, 0.15) is 46.8 Å². The van der Waals surface area contributed by atoms with Gasteiger partial charge in [0.2, 0.25) is 0 Å². The number of thiazole rings is 1. The maximum absolute atomic E-state index is 14.0. The Balaban J connectivity index is 1.55. The third-order valence-electron chi connectivity index (χ3n) is 5.56. The molecule has 1 aromatic carbocycles. The lowest BCUT2D eigenvalue weighted by Crippen LogP contribution is -2.39. The molecule has 2 heterocycles. The van der Waals surface area contributed by atoms with E-state index in [-0.39, 0.29) is 40.4 Å². The summed E-state index contributed by atoms with van der Waals surface area (Å²) in [5, 5.41) is 11.5. The van der Waals surface area contributed by atoms with Crippen molar-refractivity contribution in [3.05, 3.63) is 70.5 Å². The average Bonchev–Trinajstić information content (AvgIpc) is 3.20. The second kappa shape index (κ2) is 8.67. The van der Waals surface area contributed by atoms with Crippen LogP contribution in [0.4, 0.5) is 8.78 Å². The van der Waals surface area contributed by atoms with E-state index in [1.165, 1.54) is 11.4 Å². The molecular formula is C22H21F2N3O2S. The van der Waals surface area contributed by atoms with Crippen molar-refractivity contribution in [3.63, 3.8) is 0 Å². The molecule has 3 atom stereocenters. The van der Waals surface area contributed by atoms with Crippen LogP contribution in [-0.4, -0.2) is 33.0 Å². The van der Waals surface area contributed by atoms with Crippen LogP contribution >= 0.6 is 11.3 Å². The van der Waals surface area contributed by atoms with Gasteiger partial charge in [0.25, 0.3) is 0 Å². The summed E-state index contributed by atoms with van der Waals surface area (Å²) in [7, 11) is 0. The maximum atomic E-state index is 14.0. The molecule has 0 saturated heterocycles. The summed E-state index contributed by atoms with van der Waals surface area (Å²) in [6.07, 6.45) is 4.97. The molecule has 5 nitrogen and oxygen atoms in total. The molecule has 30 heavy (non-hydrogen) atoms. The molecule has 156 valence electrons. The van der Waals surface area contributed by atoms with Gasteiger partial charge in [-0.05, 0) is 54.5 Å². The molecule has 1 fully saturated rings. The van der Waals surface area contributed by atoms with Gasteiger partial charge < -0.3 is 10.8 Å². The zero-order chi connectivity index (χ0) is 21.3. The van der Waals surface area contributed by atoms with E-state index in [1.807, 2.05) is 6.07 Å². The van der Waals surface area contributed by atoms with Crippen LogP contribution in [0.25, 0.3) is 10.6 Å². The van der Waals surface area contributed by atoms with Gasteiger partial charge in [0.05, 0.1) is 11.7 Å². The predicted octanol–water partition coefficient (Wildman–Crippen LogP) is 3.86. The van der Waals surface area contributed by atoms with Crippen molar-refractivity contribution < 1.29 is 18.7 Å². The highest BCUT2D eigenvalue weighted by Crippen LogP contribution is 2.35. The Morgan fingerprint density at radius 1 is 1.23 bits per heavy atom. The molecule has 1 aliphatic carbocycles. The summed E-state index contributed by atoms with van der Waals surface area (Å²) in [6, 6.07) is 5.20. The molecule has 0 spiro atoms. The first-order chi connectivity index (χ1) is 14.4. The van der Waals surface area contributed by atoms with E-state index in [4.69, 9.17) is 5.73 Å². The Hall–Kier alpha value is -2.55. The minimum Gasteiger partial charge on any atom is -0.392 e. The highest BCUT2D eigenvalue weighted by Gasteiger charge is 2.29. The summed E-state index contributed by atoms with van der Waals surface area (Å²) in [4.78, 5) is 21.2. The van der Waals surface area contributed by atoms with E-state index in [2.05, 4.69) is 9.97 Å². The molecule has 8 heteroatoms. The highest BCUT2D eigenvalue weighted by atomic mass is 32.1. The Kier molecular flexibility index (Phi) is 5.99. The van der Waals surface area contributed by atoms with Crippen molar-refractivity contribution in [2.75, 3.05) is 0 Å². The fourth-order valence-electron chi connectivity index (χ4n) is 3.94. The third-order valence-corrected chi connectivity index (χ3v) is 6.42. The van der Waals surface area contributed by atoms with Gasteiger partial charge in [-0.2, -0.15) is 0 Å². The molecule has 2 aromatic heterocycles. The summed E-state index contributed by atoms with van der Waals surface area (Å²) < 4.78 is 28.0. The Labute approximate surface area is 176 Å². The maximum Gasteiger partial charge on any atom is 0.186 e. The Morgan fingerprint density at radius 3 is 2.73 bits per heavy atom. The fourth-order valence-corrected chi connectivity index (χ4v) is 4.81. The number of hydrogen-bond acceptors (Lipinski definition) is 6. The number of aromatic nitrogens is 2. The molecular weight excluding hydrogens is 408 g/mol. The third kappa shape index (κ3) is 4.16. The number of aliphatic hydroxyl groups is 1. The van der Waals surface area contributed by atoms with E-state index in [1.54, 1.807) is 12.4 Å². The Morgan fingerprint density at radius 2 is 2.00 bits per heavy atom. The number of aliphatic hydroxyl groups excluding tert-OH is 1. The van der Waals surface area contributed by atoms with Crippen molar-refractivity contribution in [2.24, 2.45) is 5.73 Å². The highest BCUT2D eigenvalue weighted by molar-refractivity contribution is 7.13. The minimum atomic E-state index is -0.714. The molecule has 3 N–H and O–H groups in total. The van der Waals surface area contributed by atoms with Gasteiger partial charge in [0.1, 0.15) is 22.3 Å². The number of rotatable bonds is 5. The molecule has 4 rings (SSSR count). The van der Waals surface area contributed by atoms with Crippen LogP contribution in [0.3, 0.4) is 0 Å². The van der Waals surface area contributed by atoms with Crippen LogP contribution < -0.4 is 5.73 Å². The number of nitrogens with two attached hydrogens (primary N) is 1. The predicted molar refractivity (Wildman–Crippen MR) is 110 cm³/mol. The quantitative estimate of drug-likeness (QED) is 0.601. The lowest BCUT2D eigenvalue weighted by atomic mass is 9.78. The number of halogens is 2. The zero-order valence-corrected chi connectivity index (χ0v) is 16.9. The molecule has 0 amide bonds. The van der Waals surface area contributed by atoms with Gasteiger partial charge in [-0.1, -0.05) is 6.07 Å². The summed E-state index contributed by atoms with van der Waals surface area (Å²) >= 11 is 1.03. The normalized spacial score (nSPS) is 21.5. The standard InChI is InChI=1S/C22H21F2N3O2S/c23-15-2-1-3-16(24)21(15)22-27-18(11-30-22)20(29)9-13-10-26-7-6-14(13)12-4-5-19(28)17(25)8-12/h1-3,6-7,10-12,17,19,28H,4-5,8-9,25H2/t12-,17-,19+/m1/s1. The van der Waals surface area contributed by atoms with E-state index in [0.717, 1.165) is 41.0 Å². The summed E-state index contributed by atoms with van der Waals surface area (Å²) in [6.45, 7) is 0. The fraction of sp³-hybridized carbons (Fsp3) is 0.318. The van der Waals surface area contributed by atoms with Crippen molar-refractivity contribution in [1.29, 1.82) is 0 Å². The second-order valence-electron chi connectivity index (χ2n) is 7.55. The second-order valence-corrected chi connectivity index (χ2v) is 8.41. The largest absolute Gasteiger partial charge is 0.392 e. The van der Waals surface area contributed by atoms with E-state index in [9.17, 15) is 18.7 Å². The lowest BCUT2D eigenvalue weighted by Gasteiger charge is -2.32. The van der Waals surface area contributed by atoms with Crippen LogP contribution in [0, 0.1) is 11.6 Å². The lowest BCUT2D eigenvalue weighted by molar-refractivity contribution is 0.0977. The van der Waals surface area contributed by atoms with Crippen LogP contribution in [-0.2, 0) is 6.42 Å². The van der Waals surface area contributed by atoms with E-state index < -0.39 is 17.7 Å². The number of pyridine rings is 1. The molecule has 0 aliphatic heterocycles. The summed E-state index contributed by atoms with van der Waals surface area (Å²) in [5.74, 6) is -1.53. The monoisotopic (exact) mass is 429 g/mol. The van der Waals surface area contributed by atoms with Crippen molar-refractivity contribution >= 4 is 17.1 Å². The SMILES string of the molecule is N[C@@H]1C[C@H](c2ccncc2CC(=O)c2csc(-c3c(F)cccc3F)n2)CC[C@@H]1O. The first kappa shape index (κ1) is 20.7. The number of Topliss-reactive ketones (excluding diaryl/α,β-unsaturated/α-hetero) is 1. The number of ketones is 1. The number of benzene rings is 1. The molecule has 1 aliphatic rings. The molecule has 0 bridgehead atoms. The number of carbonyl (C=O) groups is 1. The van der Waals surface area contributed by atoms with Crippen molar-refractivity contribution in [1.82, 2.24) is 9.97 Å². The van der Waals surface area contributed by atoms with E-state index >= 15 is 0 Å². The van der Waals surface area contributed by atoms with Crippen LogP contribution in [0.5, 0.6) is 0 Å². The molecule has 0 radical (unpaired) electrons. The van der Waals surface area contributed by atoms with Gasteiger partial charge >= 0.3 is 0 Å². The minimum absolute atomic E-state index is 0.0837. The number of carbonyl (C=O) groups excluding carboxylic acids is 1. The molecule has 0 unspecified atom stereocenters. The van der Waals surface area contributed by atoms with Gasteiger partial charge in [0.15, 0.2) is 5.78 Å². The zero-order valence-electron chi connectivity index (χ0n) is 16.1. The van der Waals surface area contributed by atoms with Crippen LogP contribution in [0.2, 0.25) is 0 Å². The van der Waals surface area contributed by atoms with E-state index in [0.29, 0.717) is 12.8 Å². The van der Waals surface area contributed by atoms with Crippen molar-refractivity contribution in [3.8, 4) is 10.6 Å². The topological polar surface area (TPSA) is 89.1 Å². The van der Waals surface area contributed by atoms with Gasteiger partial charge in [-0.25, -0.2) is 13.8 Å². The smallest absolute Gasteiger partial charge is 0.186 e. The number of hydrogen-bond donors (Lipinski definition) is 2. The molecule has 1 saturated carbocycles. The van der Waals surface area contributed by atoms with Crippen LogP contribution in [0.15, 0.2) is 42.0 Å². The van der Waals surface area contributed by atoms with Crippen molar-refractivity contribution in [2.45, 2.75) is 43.7 Å². The van der Waals surface area contributed by atoms with Gasteiger partial charge in [-0.15, -0.1) is 11.3 Å².